The number of carbonyl (C=O) groups is 1. The summed E-state index contributed by atoms with van der Waals surface area (Å²) in [5.41, 5.74) is 7.25. The second kappa shape index (κ2) is 7.58. The number of benzene rings is 1. The average molecular weight is 368 g/mol. The van der Waals surface area contributed by atoms with E-state index < -0.39 is 6.03 Å². The molecule has 0 bridgehead atoms. The maximum atomic E-state index is 11.3. The smallest absolute Gasteiger partial charge is 0.319 e. The fourth-order valence-corrected chi connectivity index (χ4v) is 3.04. The summed E-state index contributed by atoms with van der Waals surface area (Å²) in [6.45, 7) is 1.01. The van der Waals surface area contributed by atoms with Gasteiger partial charge in [-0.2, -0.15) is 9.97 Å². The molecule has 0 saturated carbocycles. The van der Waals surface area contributed by atoms with Crippen molar-refractivity contribution in [3.8, 4) is 5.88 Å². The van der Waals surface area contributed by atoms with Gasteiger partial charge in [0.15, 0.2) is 11.2 Å². The topological polar surface area (TPSA) is 117 Å². The van der Waals surface area contributed by atoms with Gasteiger partial charge in [-0.3, -0.25) is 9.88 Å². The Morgan fingerprint density at radius 3 is 2.89 bits per heavy atom. The highest BCUT2D eigenvalue weighted by atomic mass is 16.5. The Bertz CT molecular complexity index is 937. The largest absolute Gasteiger partial charge is 0.471 e. The van der Waals surface area contributed by atoms with Crippen molar-refractivity contribution < 1.29 is 14.3 Å². The number of nitrogens with zero attached hydrogens (tertiary/aromatic N) is 4. The third-order valence-corrected chi connectivity index (χ3v) is 4.31. The van der Waals surface area contributed by atoms with Crippen molar-refractivity contribution in [3.63, 3.8) is 0 Å². The number of aromatic nitrogens is 4. The number of anilines is 1. The van der Waals surface area contributed by atoms with E-state index in [-0.39, 0.29) is 18.1 Å². The molecule has 2 aromatic heterocycles. The van der Waals surface area contributed by atoms with Crippen LogP contribution >= 0.6 is 0 Å². The molecule has 27 heavy (non-hydrogen) atoms. The second-order valence-electron chi connectivity index (χ2n) is 6.26. The van der Waals surface area contributed by atoms with Gasteiger partial charge in [0.05, 0.1) is 6.33 Å². The number of amides is 2. The normalized spacial score (nSPS) is 17.0. The Morgan fingerprint density at radius 1 is 1.30 bits per heavy atom. The minimum absolute atomic E-state index is 0.0654. The second-order valence-corrected chi connectivity index (χ2v) is 6.26. The van der Waals surface area contributed by atoms with Crippen LogP contribution in [0.2, 0.25) is 0 Å². The molecule has 3 heterocycles. The molecule has 1 aliphatic heterocycles. The fourth-order valence-electron chi connectivity index (χ4n) is 3.04. The Labute approximate surface area is 155 Å². The summed E-state index contributed by atoms with van der Waals surface area (Å²) in [4.78, 5) is 24.3. The monoisotopic (exact) mass is 368 g/mol. The molecular weight excluding hydrogens is 348 g/mol. The number of fused-ring (bicyclic) bond motifs is 1. The summed E-state index contributed by atoms with van der Waals surface area (Å²) in [7, 11) is 0. The Balaban J connectivity index is 1.69. The van der Waals surface area contributed by atoms with Crippen molar-refractivity contribution in [1.29, 1.82) is 0 Å². The summed E-state index contributed by atoms with van der Waals surface area (Å²) in [5.74, 6) is 0.345. The van der Waals surface area contributed by atoms with Gasteiger partial charge in [0, 0.05) is 6.61 Å². The first-order valence-corrected chi connectivity index (χ1v) is 8.80. The molecule has 9 nitrogen and oxygen atoms in total. The van der Waals surface area contributed by atoms with E-state index in [1.807, 2.05) is 34.9 Å². The Kier molecular flexibility index (Phi) is 4.84. The van der Waals surface area contributed by atoms with Crippen LogP contribution in [0.4, 0.5) is 10.7 Å². The van der Waals surface area contributed by atoms with Gasteiger partial charge in [-0.25, -0.2) is 9.78 Å². The molecule has 1 unspecified atom stereocenters. The standard InChI is InChI=1S/C18H20N6O3/c19-17(25)23-18-21-15-14(20-11-24(15)13-8-4-5-9-26-13)16(22-18)27-10-12-6-2-1-3-7-12/h1-3,6-7,11,13H,4-5,8-10H2,(H3,19,21,22,23,25). The third-order valence-electron chi connectivity index (χ3n) is 4.31. The maximum Gasteiger partial charge on any atom is 0.319 e. The lowest BCUT2D eigenvalue weighted by molar-refractivity contribution is -0.0298. The average Bonchev–Trinajstić information content (AvgIpc) is 3.11. The van der Waals surface area contributed by atoms with Gasteiger partial charge in [0.2, 0.25) is 11.8 Å². The van der Waals surface area contributed by atoms with Crippen LogP contribution < -0.4 is 15.8 Å². The summed E-state index contributed by atoms with van der Waals surface area (Å²) >= 11 is 0. The zero-order valence-electron chi connectivity index (χ0n) is 14.7. The molecule has 0 spiro atoms. The number of hydrogen-bond donors (Lipinski definition) is 2. The predicted octanol–water partition coefficient (Wildman–Crippen LogP) is 2.60. The number of hydrogen-bond acceptors (Lipinski definition) is 6. The number of imidazole rings is 1. The molecular formula is C18H20N6O3. The Hall–Kier alpha value is -3.20. The number of ether oxygens (including phenoxy) is 2. The zero-order valence-corrected chi connectivity index (χ0v) is 14.7. The van der Waals surface area contributed by atoms with E-state index in [1.165, 1.54) is 0 Å². The van der Waals surface area contributed by atoms with Crippen LogP contribution in [0.1, 0.15) is 31.1 Å². The minimum atomic E-state index is -0.747. The molecule has 1 saturated heterocycles. The molecule has 9 heteroatoms. The highest BCUT2D eigenvalue weighted by Gasteiger charge is 2.22. The molecule has 1 atom stereocenters. The molecule has 3 N–H and O–H groups in total. The van der Waals surface area contributed by atoms with Crippen molar-refractivity contribution in [2.45, 2.75) is 32.1 Å². The van der Waals surface area contributed by atoms with E-state index in [9.17, 15) is 4.79 Å². The van der Waals surface area contributed by atoms with Crippen LogP contribution in [0.15, 0.2) is 36.7 Å². The van der Waals surface area contributed by atoms with Gasteiger partial charge in [0.1, 0.15) is 12.8 Å². The first-order chi connectivity index (χ1) is 13.2. The lowest BCUT2D eigenvalue weighted by Crippen LogP contribution is -2.22. The first-order valence-electron chi connectivity index (χ1n) is 8.80. The van der Waals surface area contributed by atoms with Crippen LogP contribution in [-0.4, -0.2) is 32.2 Å². The quantitative estimate of drug-likeness (QED) is 0.715. The van der Waals surface area contributed by atoms with Crippen LogP contribution in [0.5, 0.6) is 5.88 Å². The van der Waals surface area contributed by atoms with Crippen LogP contribution in [-0.2, 0) is 11.3 Å². The number of nitrogens with two attached hydrogens (primary N) is 1. The summed E-state index contributed by atoms with van der Waals surface area (Å²) < 4.78 is 13.5. The van der Waals surface area contributed by atoms with Gasteiger partial charge in [-0.1, -0.05) is 30.3 Å². The molecule has 0 aliphatic carbocycles. The van der Waals surface area contributed by atoms with E-state index in [1.54, 1.807) is 6.33 Å². The number of primary amides is 1. The van der Waals surface area contributed by atoms with Crippen molar-refractivity contribution in [2.75, 3.05) is 11.9 Å². The van der Waals surface area contributed by atoms with Crippen molar-refractivity contribution in [1.82, 2.24) is 19.5 Å². The van der Waals surface area contributed by atoms with Crippen LogP contribution in [0.3, 0.4) is 0 Å². The number of nitrogens with one attached hydrogen (secondary N) is 1. The summed E-state index contributed by atoms with van der Waals surface area (Å²) in [6, 6.07) is 8.97. The fraction of sp³-hybridized carbons (Fsp3) is 0.333. The highest BCUT2D eigenvalue weighted by molar-refractivity contribution is 5.87. The minimum Gasteiger partial charge on any atom is -0.471 e. The van der Waals surface area contributed by atoms with Gasteiger partial charge >= 0.3 is 6.03 Å². The van der Waals surface area contributed by atoms with E-state index in [2.05, 4.69) is 20.3 Å². The molecule has 1 aliphatic rings. The van der Waals surface area contributed by atoms with E-state index in [4.69, 9.17) is 15.2 Å². The van der Waals surface area contributed by atoms with Crippen molar-refractivity contribution >= 4 is 23.1 Å². The lowest BCUT2D eigenvalue weighted by Gasteiger charge is -2.23. The third kappa shape index (κ3) is 3.82. The van der Waals surface area contributed by atoms with Gasteiger partial charge in [0.25, 0.3) is 0 Å². The summed E-state index contributed by atoms with van der Waals surface area (Å²) in [6.07, 6.45) is 4.49. The molecule has 1 aromatic carbocycles. The molecule has 4 rings (SSSR count). The SMILES string of the molecule is NC(=O)Nc1nc(OCc2ccccc2)c2ncn(C3CCCCO3)c2n1. The van der Waals surface area contributed by atoms with E-state index >= 15 is 0 Å². The van der Waals surface area contributed by atoms with Gasteiger partial charge in [-0.05, 0) is 24.8 Å². The van der Waals surface area contributed by atoms with Crippen LogP contribution in [0, 0.1) is 0 Å². The van der Waals surface area contributed by atoms with Crippen molar-refractivity contribution in [2.24, 2.45) is 5.73 Å². The summed E-state index contributed by atoms with van der Waals surface area (Å²) in [5, 5.41) is 2.41. The van der Waals surface area contributed by atoms with E-state index in [0.29, 0.717) is 24.4 Å². The first kappa shape index (κ1) is 17.2. The van der Waals surface area contributed by atoms with E-state index in [0.717, 1.165) is 24.8 Å². The highest BCUT2D eigenvalue weighted by Crippen LogP contribution is 2.29. The molecule has 3 aromatic rings. The molecule has 0 radical (unpaired) electrons. The number of rotatable bonds is 5. The zero-order chi connectivity index (χ0) is 18.6. The predicted molar refractivity (Wildman–Crippen MR) is 98.1 cm³/mol. The molecule has 140 valence electrons. The number of carbonyl (C=O) groups excluding carboxylic acids is 1. The molecule has 2 amide bonds. The lowest BCUT2D eigenvalue weighted by atomic mass is 10.2. The maximum absolute atomic E-state index is 11.3. The van der Waals surface area contributed by atoms with Gasteiger partial charge in [-0.15, -0.1) is 0 Å². The number of urea groups is 1. The van der Waals surface area contributed by atoms with Crippen LogP contribution in [0.25, 0.3) is 11.2 Å². The Morgan fingerprint density at radius 2 is 2.15 bits per heavy atom. The van der Waals surface area contributed by atoms with Crippen molar-refractivity contribution in [3.05, 3.63) is 42.2 Å². The van der Waals surface area contributed by atoms with Gasteiger partial charge < -0.3 is 15.2 Å². The molecule has 1 fully saturated rings.